The van der Waals surface area contributed by atoms with Crippen molar-refractivity contribution in [2.75, 3.05) is 24.5 Å². The Balaban J connectivity index is 1.62. The molecule has 2 N–H and O–H groups in total. The van der Waals surface area contributed by atoms with Gasteiger partial charge in [-0.25, -0.2) is 4.98 Å². The van der Waals surface area contributed by atoms with Crippen molar-refractivity contribution in [3.8, 4) is 11.5 Å². The predicted molar refractivity (Wildman–Crippen MR) is 131 cm³/mol. The van der Waals surface area contributed by atoms with Crippen molar-refractivity contribution < 1.29 is 27.4 Å². The summed E-state index contributed by atoms with van der Waals surface area (Å²) >= 11 is 2.05. The van der Waals surface area contributed by atoms with Crippen LogP contribution >= 0.6 is 22.6 Å². The summed E-state index contributed by atoms with van der Waals surface area (Å²) in [4.78, 5) is 15.9. The van der Waals surface area contributed by atoms with E-state index < -0.39 is 11.7 Å². The van der Waals surface area contributed by atoms with Crippen LogP contribution in [0.25, 0.3) is 0 Å². The first-order chi connectivity index (χ1) is 16.2. The maximum atomic E-state index is 12.6. The van der Waals surface area contributed by atoms with Gasteiger partial charge in [-0.3, -0.25) is 10.2 Å². The molecule has 0 bridgehead atoms. The van der Waals surface area contributed by atoms with Gasteiger partial charge >= 0.3 is 6.18 Å². The molecule has 3 rings (SSSR count). The van der Waals surface area contributed by atoms with Gasteiger partial charge in [0.2, 0.25) is 0 Å². The number of alkyl halides is 3. The maximum Gasteiger partial charge on any atom is 0.417 e. The lowest BCUT2D eigenvalue weighted by Gasteiger charge is -2.13. The van der Waals surface area contributed by atoms with Crippen molar-refractivity contribution in [2.24, 2.45) is 5.10 Å². The maximum absolute atomic E-state index is 12.6. The minimum absolute atomic E-state index is 0.158. The molecule has 0 spiro atoms. The molecular formula is C23H20F3IN4O3. The van der Waals surface area contributed by atoms with E-state index in [2.05, 4.69) is 20.8 Å². The van der Waals surface area contributed by atoms with Crippen LogP contribution in [-0.4, -0.2) is 30.8 Å². The quantitative estimate of drug-likeness (QED) is 0.208. The number of pyridine rings is 1. The number of hydrogen-bond acceptors (Lipinski definition) is 6. The topological polar surface area (TPSA) is 84.8 Å². The number of hydrazone groups is 1. The molecule has 34 heavy (non-hydrogen) atoms. The number of amides is 1. The molecule has 1 aromatic heterocycles. The highest BCUT2D eigenvalue weighted by Crippen LogP contribution is 2.33. The normalized spacial score (nSPS) is 11.4. The predicted octanol–water partition coefficient (Wildman–Crippen LogP) is 5.49. The Bertz CT molecular complexity index is 1170. The second-order valence-electron chi connectivity index (χ2n) is 7.04. The highest BCUT2D eigenvalue weighted by atomic mass is 127. The largest absolute Gasteiger partial charge is 0.493 e. The summed E-state index contributed by atoms with van der Waals surface area (Å²) in [5.74, 6) is 0.631. The Kier molecular flexibility index (Phi) is 8.31. The second kappa shape index (κ2) is 11.2. The van der Waals surface area contributed by atoms with E-state index in [0.717, 1.165) is 17.8 Å². The molecular weight excluding hydrogens is 564 g/mol. The summed E-state index contributed by atoms with van der Waals surface area (Å²) in [7, 11) is 1.47. The van der Waals surface area contributed by atoms with Crippen LogP contribution in [0, 0.1) is 10.5 Å². The summed E-state index contributed by atoms with van der Waals surface area (Å²) in [6.45, 7) is 1.74. The number of nitrogens with one attached hydrogen (secondary N) is 2. The van der Waals surface area contributed by atoms with Gasteiger partial charge in [0.1, 0.15) is 5.82 Å². The van der Waals surface area contributed by atoms with Gasteiger partial charge in [0, 0.05) is 11.9 Å². The monoisotopic (exact) mass is 584 g/mol. The number of methoxy groups -OCH3 is 1. The third-order valence-electron chi connectivity index (χ3n) is 4.42. The van der Waals surface area contributed by atoms with Crippen molar-refractivity contribution in [3.63, 3.8) is 0 Å². The fraction of sp³-hybridized carbons (Fsp3) is 0.174. The molecule has 2 aromatic carbocycles. The van der Waals surface area contributed by atoms with Crippen LogP contribution in [0.4, 0.5) is 24.7 Å². The smallest absolute Gasteiger partial charge is 0.417 e. The lowest BCUT2D eigenvalue weighted by Crippen LogP contribution is -2.20. The van der Waals surface area contributed by atoms with Gasteiger partial charge in [0.15, 0.2) is 18.1 Å². The number of carbonyl (C=O) groups excluding carboxylic acids is 1. The average Bonchev–Trinajstić information content (AvgIpc) is 2.79. The van der Waals surface area contributed by atoms with Gasteiger partial charge in [-0.1, -0.05) is 17.7 Å². The van der Waals surface area contributed by atoms with E-state index in [1.807, 2.05) is 41.6 Å². The Morgan fingerprint density at radius 3 is 2.53 bits per heavy atom. The first kappa shape index (κ1) is 25.3. The zero-order valence-corrected chi connectivity index (χ0v) is 20.3. The molecule has 0 unspecified atom stereocenters. The summed E-state index contributed by atoms with van der Waals surface area (Å²) in [6, 6.07) is 12.9. The number of carbonyl (C=O) groups is 1. The Morgan fingerprint density at radius 2 is 1.91 bits per heavy atom. The van der Waals surface area contributed by atoms with E-state index in [1.165, 1.54) is 19.4 Å². The first-order valence-electron chi connectivity index (χ1n) is 9.85. The lowest BCUT2D eigenvalue weighted by molar-refractivity contribution is -0.137. The minimum atomic E-state index is -4.45. The van der Waals surface area contributed by atoms with Crippen LogP contribution in [0.3, 0.4) is 0 Å². The third-order valence-corrected chi connectivity index (χ3v) is 5.22. The molecule has 3 aromatic rings. The highest BCUT2D eigenvalue weighted by Gasteiger charge is 2.30. The summed E-state index contributed by atoms with van der Waals surface area (Å²) in [5, 5.41) is 6.75. The Morgan fingerprint density at radius 1 is 1.18 bits per heavy atom. The van der Waals surface area contributed by atoms with Gasteiger partial charge in [0.25, 0.3) is 5.91 Å². The van der Waals surface area contributed by atoms with E-state index in [0.29, 0.717) is 26.3 Å². The summed E-state index contributed by atoms with van der Waals surface area (Å²) < 4.78 is 49.6. The van der Waals surface area contributed by atoms with Crippen LogP contribution in [0.2, 0.25) is 0 Å². The lowest BCUT2D eigenvalue weighted by atomic mass is 10.2. The molecule has 7 nitrogen and oxygen atoms in total. The van der Waals surface area contributed by atoms with E-state index in [4.69, 9.17) is 9.47 Å². The van der Waals surface area contributed by atoms with Crippen molar-refractivity contribution in [2.45, 2.75) is 13.1 Å². The van der Waals surface area contributed by atoms with Crippen molar-refractivity contribution in [3.05, 3.63) is 75.0 Å². The number of halogens is 4. The number of aryl methyl sites for hydroxylation is 1. The van der Waals surface area contributed by atoms with Crippen LogP contribution in [-0.2, 0) is 11.0 Å². The average molecular weight is 584 g/mol. The molecule has 0 aliphatic rings. The standard InChI is InChI=1S/C23H20F3IN4O3/c1-14-3-6-17(7-4-14)30-21(32)13-34-22-18(27)9-15(10-19(22)33-2)11-29-31-20-8-5-16(12-28-20)23(24,25)26/h3-12H,13H2,1-2H3,(H,28,31)(H,30,32)/b29-11-. The molecule has 178 valence electrons. The number of hydrogen-bond donors (Lipinski definition) is 2. The fourth-order valence-corrected chi connectivity index (χ4v) is 3.51. The number of ether oxygens (including phenoxy) is 2. The second-order valence-corrected chi connectivity index (χ2v) is 8.20. The van der Waals surface area contributed by atoms with E-state index in [9.17, 15) is 18.0 Å². The molecule has 0 radical (unpaired) electrons. The van der Waals surface area contributed by atoms with Crippen LogP contribution in [0.1, 0.15) is 16.7 Å². The van der Waals surface area contributed by atoms with Gasteiger partial charge in [-0.2, -0.15) is 18.3 Å². The minimum Gasteiger partial charge on any atom is -0.493 e. The molecule has 0 atom stereocenters. The number of aromatic nitrogens is 1. The molecule has 0 saturated carbocycles. The summed E-state index contributed by atoms with van der Waals surface area (Å²) in [6.07, 6.45) is -2.27. The van der Waals surface area contributed by atoms with Crippen LogP contribution < -0.4 is 20.2 Å². The number of nitrogens with zero attached hydrogens (tertiary/aromatic N) is 2. The SMILES string of the molecule is COc1cc(/C=N\Nc2ccc(C(F)(F)F)cn2)cc(I)c1OCC(=O)Nc1ccc(C)cc1. The molecule has 0 fully saturated rings. The van der Waals surface area contributed by atoms with E-state index >= 15 is 0 Å². The summed E-state index contributed by atoms with van der Waals surface area (Å²) in [5.41, 5.74) is 4.12. The molecule has 0 saturated heterocycles. The molecule has 0 aliphatic carbocycles. The van der Waals surface area contributed by atoms with E-state index in [1.54, 1.807) is 24.3 Å². The Hall–Kier alpha value is -3.35. The van der Waals surface area contributed by atoms with Crippen molar-refractivity contribution >= 4 is 46.2 Å². The number of benzene rings is 2. The van der Waals surface area contributed by atoms with E-state index in [-0.39, 0.29) is 18.3 Å². The van der Waals surface area contributed by atoms with Gasteiger partial charge < -0.3 is 14.8 Å². The van der Waals surface area contributed by atoms with Gasteiger partial charge in [-0.05, 0) is 71.5 Å². The van der Waals surface area contributed by atoms with Gasteiger partial charge in [0.05, 0.1) is 22.5 Å². The van der Waals surface area contributed by atoms with Crippen molar-refractivity contribution in [1.29, 1.82) is 0 Å². The molecule has 11 heteroatoms. The molecule has 0 aliphatic heterocycles. The molecule has 1 amide bonds. The zero-order chi connectivity index (χ0) is 24.7. The zero-order valence-electron chi connectivity index (χ0n) is 18.1. The van der Waals surface area contributed by atoms with Crippen molar-refractivity contribution in [1.82, 2.24) is 4.98 Å². The molecule has 1 heterocycles. The Labute approximate surface area is 207 Å². The first-order valence-corrected chi connectivity index (χ1v) is 10.9. The van der Waals surface area contributed by atoms with Gasteiger partial charge in [-0.15, -0.1) is 0 Å². The van der Waals surface area contributed by atoms with Crippen LogP contribution in [0.5, 0.6) is 11.5 Å². The third kappa shape index (κ3) is 7.07. The fourth-order valence-electron chi connectivity index (χ4n) is 2.73. The number of rotatable bonds is 8. The van der Waals surface area contributed by atoms with Crippen LogP contribution in [0.15, 0.2) is 59.8 Å². The highest BCUT2D eigenvalue weighted by molar-refractivity contribution is 14.1. The number of anilines is 2.